The van der Waals surface area contributed by atoms with E-state index in [2.05, 4.69) is 40.7 Å². The molecule has 1 aliphatic rings. The van der Waals surface area contributed by atoms with Gasteiger partial charge in [0.25, 0.3) is 0 Å². The van der Waals surface area contributed by atoms with Gasteiger partial charge in [-0.2, -0.15) is 4.98 Å². The fraction of sp³-hybridized carbons (Fsp3) is 0.500. The van der Waals surface area contributed by atoms with Crippen molar-refractivity contribution < 1.29 is 4.74 Å². The molecule has 1 heterocycles. The lowest BCUT2D eigenvalue weighted by molar-refractivity contribution is 0.376. The number of rotatable bonds is 3. The third kappa shape index (κ3) is 3.10. The van der Waals surface area contributed by atoms with Gasteiger partial charge in [0, 0.05) is 11.5 Å². The highest BCUT2D eigenvalue weighted by Gasteiger charge is 2.34. The highest BCUT2D eigenvalue weighted by atomic mass is 16.5. The van der Waals surface area contributed by atoms with Crippen LogP contribution in [0.25, 0.3) is 0 Å². The van der Waals surface area contributed by atoms with Gasteiger partial charge in [-0.25, -0.2) is 4.98 Å². The predicted molar refractivity (Wildman–Crippen MR) is 93.3 cm³/mol. The van der Waals surface area contributed by atoms with Gasteiger partial charge in [-0.15, -0.1) is 0 Å². The van der Waals surface area contributed by atoms with E-state index in [0.717, 1.165) is 35.9 Å². The van der Waals surface area contributed by atoms with Crippen LogP contribution in [0.3, 0.4) is 0 Å². The smallest absolute Gasteiger partial charge is 0.226 e. The summed E-state index contributed by atoms with van der Waals surface area (Å²) in [7, 11) is 0. The molecule has 0 saturated carbocycles. The highest BCUT2D eigenvalue weighted by molar-refractivity contribution is 5.43. The summed E-state index contributed by atoms with van der Waals surface area (Å²) in [4.78, 5) is 9.63. The Bertz CT molecular complexity index is 720. The first kappa shape index (κ1) is 16.0. The van der Waals surface area contributed by atoms with Gasteiger partial charge in [-0.1, -0.05) is 45.9 Å². The maximum Gasteiger partial charge on any atom is 0.226 e. The van der Waals surface area contributed by atoms with Crippen LogP contribution in [-0.2, 0) is 11.8 Å². The second kappa shape index (κ2) is 5.95. The van der Waals surface area contributed by atoms with E-state index in [1.165, 1.54) is 17.7 Å². The van der Waals surface area contributed by atoms with Crippen molar-refractivity contribution in [2.45, 2.75) is 65.2 Å². The summed E-state index contributed by atoms with van der Waals surface area (Å²) < 4.78 is 6.28. The van der Waals surface area contributed by atoms with Crippen LogP contribution in [0.4, 0.5) is 0 Å². The Labute approximate surface area is 139 Å². The molecule has 0 fully saturated rings. The Balaban J connectivity index is 2.14. The lowest BCUT2D eigenvalue weighted by atomic mass is 9.75. The summed E-state index contributed by atoms with van der Waals surface area (Å²) in [6.07, 6.45) is 3.35. The van der Waals surface area contributed by atoms with E-state index < -0.39 is 0 Å². The third-order valence-corrected chi connectivity index (χ3v) is 4.68. The summed E-state index contributed by atoms with van der Waals surface area (Å²) in [5.74, 6) is 2.80. The molecule has 1 aromatic heterocycles. The second-order valence-corrected chi connectivity index (χ2v) is 7.47. The summed E-state index contributed by atoms with van der Waals surface area (Å²) >= 11 is 0. The predicted octanol–water partition coefficient (Wildman–Crippen LogP) is 5.31. The number of hydrogen-bond donors (Lipinski definition) is 0. The SMILES string of the molecule is Cc1ccccc1Oc1nc(C(C)C)nc2c1C(C)(C)CCC2. The fourth-order valence-electron chi connectivity index (χ4n) is 3.29. The van der Waals surface area contributed by atoms with E-state index >= 15 is 0 Å². The van der Waals surface area contributed by atoms with Crippen LogP contribution in [-0.4, -0.2) is 9.97 Å². The Morgan fingerprint density at radius 3 is 2.57 bits per heavy atom. The normalized spacial score (nSPS) is 16.3. The molecule has 0 spiro atoms. The van der Waals surface area contributed by atoms with E-state index in [4.69, 9.17) is 14.7 Å². The van der Waals surface area contributed by atoms with Crippen molar-refractivity contribution >= 4 is 0 Å². The monoisotopic (exact) mass is 310 g/mol. The van der Waals surface area contributed by atoms with Crippen molar-refractivity contribution in [3.8, 4) is 11.6 Å². The maximum atomic E-state index is 6.28. The molecular formula is C20H26N2O. The van der Waals surface area contributed by atoms with Gasteiger partial charge in [-0.05, 0) is 43.2 Å². The van der Waals surface area contributed by atoms with Gasteiger partial charge in [0.15, 0.2) is 0 Å². The molecule has 1 aliphatic carbocycles. The Hall–Kier alpha value is -1.90. The van der Waals surface area contributed by atoms with Gasteiger partial charge >= 0.3 is 0 Å². The number of aryl methyl sites for hydroxylation is 2. The topological polar surface area (TPSA) is 35.0 Å². The van der Waals surface area contributed by atoms with Crippen LogP contribution in [0, 0.1) is 6.92 Å². The first-order chi connectivity index (χ1) is 10.9. The standard InChI is InChI=1S/C20H26N2O/c1-13(2)18-21-15-10-8-12-20(4,5)17(15)19(22-18)23-16-11-7-6-9-14(16)3/h6-7,9,11,13H,8,10,12H2,1-5H3. The molecule has 2 aromatic rings. The van der Waals surface area contributed by atoms with Crippen LogP contribution in [0.2, 0.25) is 0 Å². The first-order valence-electron chi connectivity index (χ1n) is 8.53. The van der Waals surface area contributed by atoms with Crippen molar-refractivity contribution in [1.29, 1.82) is 0 Å². The minimum atomic E-state index is 0.0567. The van der Waals surface area contributed by atoms with Gasteiger partial charge in [0.2, 0.25) is 5.88 Å². The molecule has 0 atom stereocenters. The Kier molecular flexibility index (Phi) is 4.13. The molecule has 3 nitrogen and oxygen atoms in total. The first-order valence-corrected chi connectivity index (χ1v) is 8.53. The molecule has 0 N–H and O–H groups in total. The lowest BCUT2D eigenvalue weighted by Crippen LogP contribution is -2.27. The van der Waals surface area contributed by atoms with Crippen molar-refractivity contribution in [1.82, 2.24) is 9.97 Å². The Morgan fingerprint density at radius 2 is 1.87 bits per heavy atom. The van der Waals surface area contributed by atoms with Crippen molar-refractivity contribution in [2.24, 2.45) is 0 Å². The van der Waals surface area contributed by atoms with Gasteiger partial charge in [0.1, 0.15) is 11.6 Å². The van der Waals surface area contributed by atoms with E-state index in [1.807, 2.05) is 18.2 Å². The minimum Gasteiger partial charge on any atom is -0.438 e. The molecule has 0 amide bonds. The highest BCUT2D eigenvalue weighted by Crippen LogP contribution is 2.42. The number of nitrogens with zero attached hydrogens (tertiary/aromatic N) is 2. The van der Waals surface area contributed by atoms with Crippen LogP contribution in [0.15, 0.2) is 24.3 Å². The molecule has 3 heteroatoms. The van der Waals surface area contributed by atoms with Crippen LogP contribution in [0.1, 0.15) is 69.1 Å². The van der Waals surface area contributed by atoms with Gasteiger partial charge in [-0.3, -0.25) is 0 Å². The van der Waals surface area contributed by atoms with Crippen LogP contribution in [0.5, 0.6) is 11.6 Å². The van der Waals surface area contributed by atoms with Gasteiger partial charge in [0.05, 0.1) is 5.69 Å². The molecule has 23 heavy (non-hydrogen) atoms. The van der Waals surface area contributed by atoms with E-state index in [-0.39, 0.29) is 5.41 Å². The zero-order chi connectivity index (χ0) is 16.6. The molecule has 122 valence electrons. The number of ether oxygens (including phenoxy) is 1. The van der Waals surface area contributed by atoms with Crippen molar-refractivity contribution in [3.63, 3.8) is 0 Å². The summed E-state index contributed by atoms with van der Waals surface area (Å²) in [6.45, 7) is 10.9. The second-order valence-electron chi connectivity index (χ2n) is 7.47. The average Bonchev–Trinajstić information content (AvgIpc) is 2.48. The van der Waals surface area contributed by atoms with E-state index in [9.17, 15) is 0 Å². The average molecular weight is 310 g/mol. The largest absolute Gasteiger partial charge is 0.438 e. The number of aromatic nitrogens is 2. The molecule has 0 unspecified atom stereocenters. The Morgan fingerprint density at radius 1 is 1.13 bits per heavy atom. The number of hydrogen-bond acceptors (Lipinski definition) is 3. The van der Waals surface area contributed by atoms with Crippen LogP contribution >= 0.6 is 0 Å². The minimum absolute atomic E-state index is 0.0567. The van der Waals surface area contributed by atoms with Crippen LogP contribution < -0.4 is 4.74 Å². The molecule has 0 bridgehead atoms. The quantitative estimate of drug-likeness (QED) is 0.770. The van der Waals surface area contributed by atoms with E-state index in [1.54, 1.807) is 0 Å². The van der Waals surface area contributed by atoms with E-state index in [0.29, 0.717) is 5.92 Å². The molecule has 0 aliphatic heterocycles. The summed E-state index contributed by atoms with van der Waals surface area (Å²) in [5, 5.41) is 0. The molecule has 1 aromatic carbocycles. The zero-order valence-electron chi connectivity index (χ0n) is 14.8. The lowest BCUT2D eigenvalue weighted by Gasteiger charge is -2.33. The van der Waals surface area contributed by atoms with Crippen molar-refractivity contribution in [3.05, 3.63) is 46.9 Å². The van der Waals surface area contributed by atoms with Gasteiger partial charge < -0.3 is 4.74 Å². The summed E-state index contributed by atoms with van der Waals surface area (Å²) in [6, 6.07) is 8.11. The number of benzene rings is 1. The number of para-hydroxylation sites is 1. The fourth-order valence-corrected chi connectivity index (χ4v) is 3.29. The molecule has 0 saturated heterocycles. The van der Waals surface area contributed by atoms with Crippen molar-refractivity contribution in [2.75, 3.05) is 0 Å². The number of fused-ring (bicyclic) bond motifs is 1. The molecular weight excluding hydrogens is 284 g/mol. The third-order valence-electron chi connectivity index (χ3n) is 4.68. The summed E-state index contributed by atoms with van der Waals surface area (Å²) in [5.41, 5.74) is 3.54. The maximum absolute atomic E-state index is 6.28. The molecule has 0 radical (unpaired) electrons. The zero-order valence-corrected chi connectivity index (χ0v) is 14.8. The molecule has 3 rings (SSSR count).